The highest BCUT2D eigenvalue weighted by molar-refractivity contribution is 5.72. The minimum atomic E-state index is 0.00361. The highest BCUT2D eigenvalue weighted by Crippen LogP contribution is 2.16. The maximum absolute atomic E-state index is 10.7. The molecule has 17 heavy (non-hydrogen) atoms. The van der Waals surface area contributed by atoms with Gasteiger partial charge in [-0.25, -0.2) is 0 Å². The summed E-state index contributed by atoms with van der Waals surface area (Å²) >= 11 is 0. The predicted octanol–water partition coefficient (Wildman–Crippen LogP) is 1.48. The van der Waals surface area contributed by atoms with Crippen LogP contribution in [0.5, 0.6) is 5.75 Å². The zero-order valence-electron chi connectivity index (χ0n) is 10.6. The molecular weight excluding hydrogens is 216 g/mol. The maximum Gasteiger partial charge on any atom is 0.216 e. The van der Waals surface area contributed by atoms with Crippen LogP contribution < -0.4 is 15.4 Å². The van der Waals surface area contributed by atoms with Crippen LogP contribution >= 0.6 is 0 Å². The van der Waals surface area contributed by atoms with Crippen molar-refractivity contribution in [3.05, 3.63) is 29.8 Å². The summed E-state index contributed by atoms with van der Waals surface area (Å²) in [6.45, 7) is 5.02. The van der Waals surface area contributed by atoms with E-state index in [0.717, 1.165) is 12.3 Å². The Balaban J connectivity index is 2.35. The summed E-state index contributed by atoms with van der Waals surface area (Å²) in [6.07, 6.45) is 0. The van der Waals surface area contributed by atoms with E-state index < -0.39 is 0 Å². The Hall–Kier alpha value is -1.55. The van der Waals surface area contributed by atoms with Crippen LogP contribution in [-0.2, 0) is 4.79 Å². The van der Waals surface area contributed by atoms with Gasteiger partial charge in [-0.2, -0.15) is 0 Å². The molecule has 0 unspecified atom stereocenters. The van der Waals surface area contributed by atoms with Gasteiger partial charge in [0.2, 0.25) is 5.91 Å². The molecule has 0 aromatic heterocycles. The fourth-order valence-electron chi connectivity index (χ4n) is 1.54. The second-order valence-electron chi connectivity index (χ2n) is 3.93. The lowest BCUT2D eigenvalue weighted by atomic mass is 10.1. The van der Waals surface area contributed by atoms with E-state index in [1.165, 1.54) is 12.5 Å². The Morgan fingerprint density at radius 1 is 1.29 bits per heavy atom. The number of methoxy groups -OCH3 is 1. The lowest BCUT2D eigenvalue weighted by Gasteiger charge is -2.14. The molecule has 0 bridgehead atoms. The average Bonchev–Trinajstić information content (AvgIpc) is 2.34. The van der Waals surface area contributed by atoms with Gasteiger partial charge in [0.15, 0.2) is 0 Å². The number of ether oxygens (including phenoxy) is 1. The van der Waals surface area contributed by atoms with Crippen molar-refractivity contribution in [2.45, 2.75) is 19.9 Å². The molecule has 1 atom stereocenters. The van der Waals surface area contributed by atoms with Gasteiger partial charge in [0.25, 0.3) is 0 Å². The molecule has 94 valence electrons. The number of nitrogens with one attached hydrogen (secondary N) is 2. The summed E-state index contributed by atoms with van der Waals surface area (Å²) in [7, 11) is 1.66. The molecule has 0 aliphatic heterocycles. The van der Waals surface area contributed by atoms with E-state index in [1.54, 1.807) is 7.11 Å². The smallest absolute Gasteiger partial charge is 0.216 e. The SMILES string of the molecule is COc1ccc([C@H](C)NCCNC(C)=O)cc1. The van der Waals surface area contributed by atoms with Crippen LogP contribution in [0.3, 0.4) is 0 Å². The van der Waals surface area contributed by atoms with E-state index >= 15 is 0 Å². The summed E-state index contributed by atoms with van der Waals surface area (Å²) in [5.41, 5.74) is 1.20. The van der Waals surface area contributed by atoms with Crippen LogP contribution in [0.15, 0.2) is 24.3 Å². The Bertz CT molecular complexity index is 349. The second-order valence-corrected chi connectivity index (χ2v) is 3.93. The Morgan fingerprint density at radius 2 is 1.94 bits per heavy atom. The molecule has 0 spiro atoms. The van der Waals surface area contributed by atoms with Gasteiger partial charge in [0, 0.05) is 26.1 Å². The molecule has 4 heteroatoms. The second kappa shape index (κ2) is 6.91. The molecule has 1 aromatic rings. The molecule has 0 aliphatic carbocycles. The van der Waals surface area contributed by atoms with Gasteiger partial charge in [-0.05, 0) is 24.6 Å². The molecule has 1 rings (SSSR count). The van der Waals surface area contributed by atoms with Gasteiger partial charge >= 0.3 is 0 Å². The maximum atomic E-state index is 10.7. The molecule has 2 N–H and O–H groups in total. The number of rotatable bonds is 6. The molecule has 0 fully saturated rings. The van der Waals surface area contributed by atoms with E-state index in [-0.39, 0.29) is 11.9 Å². The highest BCUT2D eigenvalue weighted by Gasteiger charge is 2.04. The van der Waals surface area contributed by atoms with Gasteiger partial charge in [-0.1, -0.05) is 12.1 Å². The van der Waals surface area contributed by atoms with Crippen molar-refractivity contribution in [2.24, 2.45) is 0 Å². The molecule has 4 nitrogen and oxygen atoms in total. The number of carbonyl (C=O) groups is 1. The first-order valence-corrected chi connectivity index (χ1v) is 5.75. The fourth-order valence-corrected chi connectivity index (χ4v) is 1.54. The lowest BCUT2D eigenvalue weighted by Crippen LogP contribution is -2.31. The number of hydrogen-bond donors (Lipinski definition) is 2. The number of hydrogen-bond acceptors (Lipinski definition) is 3. The van der Waals surface area contributed by atoms with Gasteiger partial charge in [0.1, 0.15) is 5.75 Å². The quantitative estimate of drug-likeness (QED) is 0.736. The summed E-state index contributed by atoms with van der Waals surface area (Å²) < 4.78 is 5.11. The number of carbonyl (C=O) groups excluding carboxylic acids is 1. The first kappa shape index (κ1) is 13.5. The zero-order valence-corrected chi connectivity index (χ0v) is 10.6. The van der Waals surface area contributed by atoms with Gasteiger partial charge in [0.05, 0.1) is 7.11 Å². The molecule has 1 aromatic carbocycles. The minimum Gasteiger partial charge on any atom is -0.497 e. The summed E-state index contributed by atoms with van der Waals surface area (Å²) in [6, 6.07) is 8.22. The Kier molecular flexibility index (Phi) is 5.49. The molecule has 0 saturated heterocycles. The van der Waals surface area contributed by atoms with E-state index in [9.17, 15) is 4.79 Å². The summed E-state index contributed by atoms with van der Waals surface area (Å²) in [5, 5.41) is 6.09. The summed E-state index contributed by atoms with van der Waals surface area (Å²) in [4.78, 5) is 10.7. The first-order chi connectivity index (χ1) is 8.13. The van der Waals surface area contributed by atoms with Crippen LogP contribution in [0.25, 0.3) is 0 Å². The minimum absolute atomic E-state index is 0.00361. The van der Waals surface area contributed by atoms with Crippen molar-refractivity contribution in [2.75, 3.05) is 20.2 Å². The van der Waals surface area contributed by atoms with Crippen LogP contribution in [-0.4, -0.2) is 26.1 Å². The molecule has 1 amide bonds. The largest absolute Gasteiger partial charge is 0.497 e. The van der Waals surface area contributed by atoms with Gasteiger partial charge < -0.3 is 15.4 Å². The number of amides is 1. The van der Waals surface area contributed by atoms with E-state index in [1.807, 2.05) is 24.3 Å². The van der Waals surface area contributed by atoms with Crippen molar-refractivity contribution in [1.82, 2.24) is 10.6 Å². The van der Waals surface area contributed by atoms with Crippen LogP contribution in [0.4, 0.5) is 0 Å². The Morgan fingerprint density at radius 3 is 2.47 bits per heavy atom. The molecule has 0 heterocycles. The third-order valence-corrected chi connectivity index (χ3v) is 2.57. The van der Waals surface area contributed by atoms with Crippen LogP contribution in [0.1, 0.15) is 25.5 Å². The fraction of sp³-hybridized carbons (Fsp3) is 0.462. The molecular formula is C13H20N2O2. The third kappa shape index (κ3) is 4.87. The average molecular weight is 236 g/mol. The van der Waals surface area contributed by atoms with Crippen LogP contribution in [0, 0.1) is 0 Å². The van der Waals surface area contributed by atoms with Crippen molar-refractivity contribution < 1.29 is 9.53 Å². The van der Waals surface area contributed by atoms with E-state index in [4.69, 9.17) is 4.74 Å². The topological polar surface area (TPSA) is 50.4 Å². The van der Waals surface area contributed by atoms with Gasteiger partial charge in [-0.3, -0.25) is 4.79 Å². The highest BCUT2D eigenvalue weighted by atomic mass is 16.5. The van der Waals surface area contributed by atoms with Gasteiger partial charge in [-0.15, -0.1) is 0 Å². The Labute approximate surface area is 102 Å². The van der Waals surface area contributed by atoms with E-state index in [0.29, 0.717) is 6.54 Å². The standard InChI is InChI=1S/C13H20N2O2/c1-10(14-8-9-15-11(2)16)12-4-6-13(17-3)7-5-12/h4-7,10,14H,8-9H2,1-3H3,(H,15,16)/t10-/m0/s1. The van der Waals surface area contributed by atoms with Crippen molar-refractivity contribution in [3.8, 4) is 5.75 Å². The normalized spacial score (nSPS) is 11.9. The van der Waals surface area contributed by atoms with Crippen molar-refractivity contribution >= 4 is 5.91 Å². The van der Waals surface area contributed by atoms with Crippen molar-refractivity contribution in [1.29, 1.82) is 0 Å². The van der Waals surface area contributed by atoms with Crippen LogP contribution in [0.2, 0.25) is 0 Å². The first-order valence-electron chi connectivity index (χ1n) is 5.75. The number of benzene rings is 1. The zero-order chi connectivity index (χ0) is 12.7. The molecule has 0 saturated carbocycles. The van der Waals surface area contributed by atoms with E-state index in [2.05, 4.69) is 17.6 Å². The monoisotopic (exact) mass is 236 g/mol. The predicted molar refractivity (Wildman–Crippen MR) is 68.1 cm³/mol. The molecule has 0 radical (unpaired) electrons. The third-order valence-electron chi connectivity index (χ3n) is 2.57. The van der Waals surface area contributed by atoms with Crippen molar-refractivity contribution in [3.63, 3.8) is 0 Å². The lowest BCUT2D eigenvalue weighted by molar-refractivity contribution is -0.118. The molecule has 0 aliphatic rings. The summed E-state index contributed by atoms with van der Waals surface area (Å²) in [5.74, 6) is 0.864.